The zero-order valence-corrected chi connectivity index (χ0v) is 9.68. The highest BCUT2D eigenvalue weighted by molar-refractivity contribution is 5.89. The van der Waals surface area contributed by atoms with E-state index in [4.69, 9.17) is 10.4 Å². The Hall–Kier alpha value is -2.02. The lowest BCUT2D eigenvalue weighted by Crippen LogP contribution is -2.37. The van der Waals surface area contributed by atoms with E-state index in [-0.39, 0.29) is 5.56 Å². The van der Waals surface area contributed by atoms with Crippen molar-refractivity contribution in [2.75, 3.05) is 11.9 Å². The maximum atomic E-state index is 10.8. The molecule has 1 N–H and O–H groups in total. The standard InChI is InChI=1S/C13H14N2O2/c1-15(11-3-2-4-11)12-6-5-9(13(16)17)7-10(12)8-14/h5-7,11H,2-4H2,1H3,(H,16,17). The molecular formula is C13H14N2O2. The summed E-state index contributed by atoms with van der Waals surface area (Å²) in [6.07, 6.45) is 3.51. The summed E-state index contributed by atoms with van der Waals surface area (Å²) >= 11 is 0. The van der Waals surface area contributed by atoms with Gasteiger partial charge in [0.1, 0.15) is 6.07 Å². The molecule has 0 aliphatic heterocycles. The Bertz CT molecular complexity index is 487. The lowest BCUT2D eigenvalue weighted by Gasteiger charge is -2.36. The second kappa shape index (κ2) is 4.46. The second-order valence-electron chi connectivity index (χ2n) is 4.34. The van der Waals surface area contributed by atoms with E-state index in [0.29, 0.717) is 11.6 Å². The average Bonchev–Trinajstić information content (AvgIpc) is 2.25. The van der Waals surface area contributed by atoms with Crippen LogP contribution in [0.3, 0.4) is 0 Å². The number of anilines is 1. The quantitative estimate of drug-likeness (QED) is 0.864. The molecule has 17 heavy (non-hydrogen) atoms. The number of carboxylic acid groups (broad SMARTS) is 1. The van der Waals surface area contributed by atoms with Gasteiger partial charge in [-0.15, -0.1) is 0 Å². The van der Waals surface area contributed by atoms with Gasteiger partial charge in [-0.3, -0.25) is 0 Å². The largest absolute Gasteiger partial charge is 0.478 e. The number of hydrogen-bond donors (Lipinski definition) is 1. The van der Waals surface area contributed by atoms with Gasteiger partial charge in [0.15, 0.2) is 0 Å². The molecule has 0 radical (unpaired) electrons. The van der Waals surface area contributed by atoms with Gasteiger partial charge in [0.25, 0.3) is 0 Å². The smallest absolute Gasteiger partial charge is 0.335 e. The molecule has 0 unspecified atom stereocenters. The molecular weight excluding hydrogens is 216 g/mol. The molecule has 0 amide bonds. The highest BCUT2D eigenvalue weighted by Gasteiger charge is 2.24. The molecule has 88 valence electrons. The third-order valence-corrected chi connectivity index (χ3v) is 3.37. The Kier molecular flexibility index (Phi) is 3.01. The summed E-state index contributed by atoms with van der Waals surface area (Å²) in [7, 11) is 1.96. The molecule has 1 saturated carbocycles. The van der Waals surface area contributed by atoms with Gasteiger partial charge < -0.3 is 10.0 Å². The third kappa shape index (κ3) is 2.09. The minimum atomic E-state index is -1.00. The normalized spacial score (nSPS) is 14.8. The van der Waals surface area contributed by atoms with E-state index in [2.05, 4.69) is 11.0 Å². The SMILES string of the molecule is CN(c1ccc(C(=O)O)cc1C#N)C1CCC1. The molecule has 2 rings (SSSR count). The number of nitrogens with zero attached hydrogens (tertiary/aromatic N) is 2. The molecule has 4 nitrogen and oxygen atoms in total. The Morgan fingerprint density at radius 1 is 1.53 bits per heavy atom. The number of nitriles is 1. The number of hydrogen-bond acceptors (Lipinski definition) is 3. The van der Waals surface area contributed by atoms with Crippen molar-refractivity contribution >= 4 is 11.7 Å². The number of carboxylic acids is 1. The summed E-state index contributed by atoms with van der Waals surface area (Å²) in [6.45, 7) is 0. The van der Waals surface area contributed by atoms with Crippen molar-refractivity contribution in [3.05, 3.63) is 29.3 Å². The minimum Gasteiger partial charge on any atom is -0.478 e. The highest BCUT2D eigenvalue weighted by atomic mass is 16.4. The van der Waals surface area contributed by atoms with Crippen LogP contribution in [-0.2, 0) is 0 Å². The minimum absolute atomic E-state index is 0.160. The van der Waals surface area contributed by atoms with Crippen molar-refractivity contribution in [3.63, 3.8) is 0 Å². The fraction of sp³-hybridized carbons (Fsp3) is 0.385. The molecule has 1 aromatic rings. The van der Waals surface area contributed by atoms with Crippen LogP contribution in [0, 0.1) is 11.3 Å². The molecule has 1 aliphatic carbocycles. The molecule has 1 aliphatic rings. The summed E-state index contributed by atoms with van der Waals surface area (Å²) in [6, 6.07) is 7.26. The van der Waals surface area contributed by atoms with Crippen LogP contribution < -0.4 is 4.90 Å². The summed E-state index contributed by atoms with van der Waals surface area (Å²) in [5.74, 6) is -1.00. The van der Waals surface area contributed by atoms with Gasteiger partial charge in [0.05, 0.1) is 16.8 Å². The van der Waals surface area contributed by atoms with E-state index in [1.165, 1.54) is 12.5 Å². The van der Waals surface area contributed by atoms with Crippen LogP contribution in [0.1, 0.15) is 35.2 Å². The van der Waals surface area contributed by atoms with Gasteiger partial charge in [-0.1, -0.05) is 0 Å². The lowest BCUT2D eigenvalue weighted by molar-refractivity contribution is 0.0697. The van der Waals surface area contributed by atoms with Gasteiger partial charge in [-0.05, 0) is 37.5 Å². The summed E-state index contributed by atoms with van der Waals surface area (Å²) in [5.41, 5.74) is 1.41. The fourth-order valence-electron chi connectivity index (χ4n) is 2.04. The van der Waals surface area contributed by atoms with Crippen LogP contribution in [-0.4, -0.2) is 24.2 Å². The van der Waals surface area contributed by atoms with Gasteiger partial charge in [0.2, 0.25) is 0 Å². The summed E-state index contributed by atoms with van der Waals surface area (Å²) < 4.78 is 0. The average molecular weight is 230 g/mol. The maximum absolute atomic E-state index is 10.8. The number of rotatable bonds is 3. The molecule has 0 bridgehead atoms. The summed E-state index contributed by atoms with van der Waals surface area (Å²) in [5, 5.41) is 18.0. The van der Waals surface area contributed by atoms with Crippen molar-refractivity contribution < 1.29 is 9.90 Å². The molecule has 0 saturated heterocycles. The zero-order chi connectivity index (χ0) is 12.4. The molecule has 1 fully saturated rings. The predicted octanol–water partition coefficient (Wildman–Crippen LogP) is 2.25. The Labute approximate surface area is 100 Å². The first kappa shape index (κ1) is 11.5. The Morgan fingerprint density at radius 3 is 2.71 bits per heavy atom. The fourth-order valence-corrected chi connectivity index (χ4v) is 2.04. The van der Waals surface area contributed by atoms with Crippen molar-refractivity contribution in [3.8, 4) is 6.07 Å². The first-order chi connectivity index (χ1) is 8.13. The Balaban J connectivity index is 2.34. The topological polar surface area (TPSA) is 64.3 Å². The van der Waals surface area contributed by atoms with E-state index in [1.807, 2.05) is 7.05 Å². The second-order valence-corrected chi connectivity index (χ2v) is 4.34. The van der Waals surface area contributed by atoms with Crippen molar-refractivity contribution in [1.29, 1.82) is 5.26 Å². The number of benzene rings is 1. The first-order valence-corrected chi connectivity index (χ1v) is 5.63. The van der Waals surface area contributed by atoms with E-state index in [0.717, 1.165) is 18.5 Å². The first-order valence-electron chi connectivity index (χ1n) is 5.63. The van der Waals surface area contributed by atoms with Crippen LogP contribution in [0.5, 0.6) is 0 Å². The monoisotopic (exact) mass is 230 g/mol. The maximum Gasteiger partial charge on any atom is 0.335 e. The van der Waals surface area contributed by atoms with Crippen LogP contribution in [0.15, 0.2) is 18.2 Å². The van der Waals surface area contributed by atoms with Gasteiger partial charge >= 0.3 is 5.97 Å². The highest BCUT2D eigenvalue weighted by Crippen LogP contribution is 2.30. The zero-order valence-electron chi connectivity index (χ0n) is 9.68. The third-order valence-electron chi connectivity index (χ3n) is 3.37. The Morgan fingerprint density at radius 2 is 2.24 bits per heavy atom. The predicted molar refractivity (Wildman–Crippen MR) is 64.2 cm³/mol. The molecule has 0 atom stereocenters. The molecule has 0 spiro atoms. The van der Waals surface area contributed by atoms with Crippen LogP contribution in [0.25, 0.3) is 0 Å². The molecule has 4 heteroatoms. The van der Waals surface area contributed by atoms with Crippen LogP contribution in [0.4, 0.5) is 5.69 Å². The van der Waals surface area contributed by atoms with E-state index < -0.39 is 5.97 Å². The molecule has 0 heterocycles. The molecule has 0 aromatic heterocycles. The summed E-state index contributed by atoms with van der Waals surface area (Å²) in [4.78, 5) is 12.9. The van der Waals surface area contributed by atoms with E-state index in [1.54, 1.807) is 12.1 Å². The molecule has 1 aromatic carbocycles. The van der Waals surface area contributed by atoms with E-state index in [9.17, 15) is 4.79 Å². The van der Waals surface area contributed by atoms with Crippen molar-refractivity contribution in [2.45, 2.75) is 25.3 Å². The van der Waals surface area contributed by atoms with Gasteiger partial charge in [-0.2, -0.15) is 5.26 Å². The van der Waals surface area contributed by atoms with Gasteiger partial charge in [-0.25, -0.2) is 4.79 Å². The van der Waals surface area contributed by atoms with Crippen LogP contribution >= 0.6 is 0 Å². The van der Waals surface area contributed by atoms with Gasteiger partial charge in [0, 0.05) is 13.1 Å². The van der Waals surface area contributed by atoms with Crippen molar-refractivity contribution in [1.82, 2.24) is 0 Å². The van der Waals surface area contributed by atoms with E-state index >= 15 is 0 Å². The van der Waals surface area contributed by atoms with Crippen molar-refractivity contribution in [2.24, 2.45) is 0 Å². The number of aromatic carboxylic acids is 1. The van der Waals surface area contributed by atoms with Crippen LogP contribution in [0.2, 0.25) is 0 Å². The lowest BCUT2D eigenvalue weighted by atomic mass is 9.91. The number of carbonyl (C=O) groups is 1.